The molecule has 1 aromatic carbocycles. The summed E-state index contributed by atoms with van der Waals surface area (Å²) in [5.41, 5.74) is 2.01. The van der Waals surface area contributed by atoms with Crippen LogP contribution in [0.15, 0.2) is 42.7 Å². The number of amides is 1. The lowest BCUT2D eigenvalue weighted by molar-refractivity contribution is -0.125. The number of fused-ring (bicyclic) bond motifs is 1. The summed E-state index contributed by atoms with van der Waals surface area (Å²) in [6.45, 7) is 4.10. The van der Waals surface area contributed by atoms with Crippen molar-refractivity contribution in [2.75, 3.05) is 18.0 Å². The molecule has 3 heterocycles. The minimum Gasteiger partial charge on any atom is -0.356 e. The zero-order valence-corrected chi connectivity index (χ0v) is 14.8. The van der Waals surface area contributed by atoms with Crippen LogP contribution < -0.4 is 10.2 Å². The largest absolute Gasteiger partial charge is 0.356 e. The van der Waals surface area contributed by atoms with Crippen molar-refractivity contribution in [1.29, 1.82) is 0 Å². The third-order valence-corrected chi connectivity index (χ3v) is 4.79. The van der Waals surface area contributed by atoms with Gasteiger partial charge in [-0.25, -0.2) is 4.98 Å². The molecule has 1 N–H and O–H groups in total. The molecule has 2 aromatic heterocycles. The lowest BCUT2D eigenvalue weighted by Gasteiger charge is -2.33. The van der Waals surface area contributed by atoms with Gasteiger partial charge in [0.05, 0.1) is 5.92 Å². The highest BCUT2D eigenvalue weighted by Gasteiger charge is 2.27. The minimum absolute atomic E-state index is 0.0282. The molecule has 1 amide bonds. The Labute approximate surface area is 152 Å². The summed E-state index contributed by atoms with van der Waals surface area (Å²) in [4.78, 5) is 23.4. The summed E-state index contributed by atoms with van der Waals surface area (Å²) in [6, 6.07) is 12.0. The van der Waals surface area contributed by atoms with E-state index in [0.717, 1.165) is 36.5 Å². The van der Waals surface area contributed by atoms with Gasteiger partial charge >= 0.3 is 0 Å². The third kappa shape index (κ3) is 3.37. The third-order valence-electron chi connectivity index (χ3n) is 4.79. The molecule has 0 bridgehead atoms. The van der Waals surface area contributed by atoms with Crippen LogP contribution in [0.4, 0.5) is 5.82 Å². The van der Waals surface area contributed by atoms with Crippen LogP contribution in [0.3, 0.4) is 0 Å². The van der Waals surface area contributed by atoms with Gasteiger partial charge in [0.2, 0.25) is 5.91 Å². The van der Waals surface area contributed by atoms with Crippen molar-refractivity contribution in [3.8, 4) is 0 Å². The van der Waals surface area contributed by atoms with Crippen molar-refractivity contribution in [2.45, 2.75) is 26.3 Å². The number of aryl methyl sites for hydroxylation is 1. The van der Waals surface area contributed by atoms with Crippen LogP contribution in [-0.4, -0.2) is 38.6 Å². The molecule has 1 aliphatic heterocycles. The number of nitrogens with zero attached hydrogens (tertiary/aromatic N) is 5. The molecule has 0 spiro atoms. The van der Waals surface area contributed by atoms with Crippen molar-refractivity contribution >= 4 is 17.5 Å². The Morgan fingerprint density at radius 1 is 1.31 bits per heavy atom. The van der Waals surface area contributed by atoms with Gasteiger partial charge < -0.3 is 10.2 Å². The lowest BCUT2D eigenvalue weighted by atomic mass is 9.97. The number of nitrogens with one attached hydrogen (secondary N) is 1. The highest BCUT2D eigenvalue weighted by atomic mass is 16.1. The fraction of sp³-hybridized carbons (Fsp3) is 0.368. The van der Waals surface area contributed by atoms with E-state index in [4.69, 9.17) is 0 Å². The fourth-order valence-corrected chi connectivity index (χ4v) is 3.47. The molecule has 3 aromatic rings. The SMILES string of the molecule is Cc1cc(N2CCC[C@@H](C(=O)NCc3ccccc3)C2)n2ncnc2n1. The Hall–Kier alpha value is -2.96. The second-order valence-electron chi connectivity index (χ2n) is 6.72. The van der Waals surface area contributed by atoms with Crippen molar-refractivity contribution in [3.05, 3.63) is 54.0 Å². The maximum absolute atomic E-state index is 12.6. The number of anilines is 1. The van der Waals surface area contributed by atoms with E-state index in [1.54, 1.807) is 4.52 Å². The summed E-state index contributed by atoms with van der Waals surface area (Å²) >= 11 is 0. The molecule has 1 saturated heterocycles. The van der Waals surface area contributed by atoms with E-state index < -0.39 is 0 Å². The molecule has 1 fully saturated rings. The van der Waals surface area contributed by atoms with Crippen molar-refractivity contribution in [2.24, 2.45) is 5.92 Å². The summed E-state index contributed by atoms with van der Waals surface area (Å²) in [5.74, 6) is 1.62. The van der Waals surface area contributed by atoms with E-state index in [0.29, 0.717) is 18.9 Å². The first-order chi connectivity index (χ1) is 12.7. The van der Waals surface area contributed by atoms with Crippen molar-refractivity contribution in [3.63, 3.8) is 0 Å². The summed E-state index contributed by atoms with van der Waals surface area (Å²) in [5, 5.41) is 7.35. The molecule has 0 aliphatic carbocycles. The number of hydrogen-bond acceptors (Lipinski definition) is 5. The van der Waals surface area contributed by atoms with Gasteiger partial charge in [-0.05, 0) is 25.3 Å². The zero-order valence-electron chi connectivity index (χ0n) is 14.8. The molecule has 26 heavy (non-hydrogen) atoms. The average molecular weight is 350 g/mol. The fourth-order valence-electron chi connectivity index (χ4n) is 3.47. The first-order valence-electron chi connectivity index (χ1n) is 8.94. The first-order valence-corrected chi connectivity index (χ1v) is 8.94. The van der Waals surface area contributed by atoms with Crippen LogP contribution in [0.5, 0.6) is 0 Å². The molecule has 7 heteroatoms. The predicted molar refractivity (Wildman–Crippen MR) is 98.7 cm³/mol. The maximum atomic E-state index is 12.6. The average Bonchev–Trinajstić information content (AvgIpc) is 3.14. The monoisotopic (exact) mass is 350 g/mol. The topological polar surface area (TPSA) is 75.4 Å². The summed E-state index contributed by atoms with van der Waals surface area (Å²) < 4.78 is 1.75. The number of piperidine rings is 1. The number of hydrogen-bond donors (Lipinski definition) is 1. The van der Waals surface area contributed by atoms with Gasteiger partial charge in [0.15, 0.2) is 0 Å². The van der Waals surface area contributed by atoms with Crippen LogP contribution in [0.2, 0.25) is 0 Å². The van der Waals surface area contributed by atoms with Crippen LogP contribution in [0.1, 0.15) is 24.1 Å². The summed E-state index contributed by atoms with van der Waals surface area (Å²) in [7, 11) is 0. The van der Waals surface area contributed by atoms with Crippen LogP contribution in [0.25, 0.3) is 5.78 Å². The molecular weight excluding hydrogens is 328 g/mol. The smallest absolute Gasteiger partial charge is 0.254 e. The van der Waals surface area contributed by atoms with Gasteiger partial charge in [-0.1, -0.05) is 30.3 Å². The molecule has 134 valence electrons. The second kappa shape index (κ2) is 7.11. The highest BCUT2D eigenvalue weighted by molar-refractivity contribution is 5.79. The number of benzene rings is 1. The molecule has 4 rings (SSSR count). The van der Waals surface area contributed by atoms with Crippen molar-refractivity contribution < 1.29 is 4.79 Å². The van der Waals surface area contributed by atoms with Crippen LogP contribution in [0, 0.1) is 12.8 Å². The summed E-state index contributed by atoms with van der Waals surface area (Å²) in [6.07, 6.45) is 3.39. The number of aromatic nitrogens is 4. The molecule has 0 radical (unpaired) electrons. The van der Waals surface area contributed by atoms with Crippen molar-refractivity contribution in [1.82, 2.24) is 24.9 Å². The Morgan fingerprint density at radius 2 is 2.15 bits per heavy atom. The Bertz CT molecular complexity index is 907. The highest BCUT2D eigenvalue weighted by Crippen LogP contribution is 2.24. The lowest BCUT2D eigenvalue weighted by Crippen LogP contribution is -2.43. The van der Waals surface area contributed by atoms with E-state index >= 15 is 0 Å². The normalized spacial score (nSPS) is 17.4. The van der Waals surface area contributed by atoms with E-state index in [1.165, 1.54) is 6.33 Å². The van der Waals surface area contributed by atoms with Gasteiger partial charge in [-0.2, -0.15) is 14.6 Å². The number of carbonyl (C=O) groups is 1. The van der Waals surface area contributed by atoms with Crippen LogP contribution in [-0.2, 0) is 11.3 Å². The van der Waals surface area contributed by atoms with Crippen LogP contribution >= 0.6 is 0 Å². The first kappa shape index (κ1) is 16.5. The maximum Gasteiger partial charge on any atom is 0.254 e. The zero-order chi connectivity index (χ0) is 17.9. The Balaban J connectivity index is 1.47. The van der Waals surface area contributed by atoms with E-state index in [9.17, 15) is 4.79 Å². The van der Waals surface area contributed by atoms with E-state index in [-0.39, 0.29) is 11.8 Å². The molecular formula is C19H22N6O. The van der Waals surface area contributed by atoms with E-state index in [2.05, 4.69) is 25.3 Å². The molecule has 7 nitrogen and oxygen atoms in total. The second-order valence-corrected chi connectivity index (χ2v) is 6.72. The Morgan fingerprint density at radius 3 is 3.00 bits per heavy atom. The quantitative estimate of drug-likeness (QED) is 0.778. The van der Waals surface area contributed by atoms with Gasteiger partial charge in [0, 0.05) is 31.4 Å². The van der Waals surface area contributed by atoms with Gasteiger partial charge in [0.25, 0.3) is 5.78 Å². The van der Waals surface area contributed by atoms with E-state index in [1.807, 2.05) is 43.3 Å². The van der Waals surface area contributed by atoms with Gasteiger partial charge in [0.1, 0.15) is 12.1 Å². The molecule has 1 aliphatic rings. The molecule has 0 saturated carbocycles. The standard InChI is InChI=1S/C19H22N6O/c1-14-10-17(25-19(23-14)21-13-22-25)24-9-5-8-16(12-24)18(26)20-11-15-6-3-2-4-7-15/h2-4,6-7,10,13,16H,5,8-9,11-12H2,1H3,(H,20,26)/t16-/m1/s1. The molecule has 0 unspecified atom stereocenters. The minimum atomic E-state index is -0.0282. The molecule has 1 atom stereocenters. The van der Waals surface area contributed by atoms with Gasteiger partial charge in [-0.3, -0.25) is 4.79 Å². The number of rotatable bonds is 4. The number of carbonyl (C=O) groups excluding carboxylic acids is 1. The Kier molecular flexibility index (Phi) is 4.51. The van der Waals surface area contributed by atoms with Gasteiger partial charge in [-0.15, -0.1) is 0 Å². The predicted octanol–water partition coefficient (Wildman–Crippen LogP) is 1.97.